The normalized spacial score (nSPS) is 20.2. The number of hydrogen-bond acceptors (Lipinski definition) is 2. The average molecular weight is 216 g/mol. The van der Waals surface area contributed by atoms with Crippen LogP contribution in [-0.4, -0.2) is 23.4 Å². The largest absolute Gasteiger partial charge is 0.667 e. The van der Waals surface area contributed by atoms with Crippen molar-refractivity contribution in [1.29, 1.82) is 5.26 Å². The summed E-state index contributed by atoms with van der Waals surface area (Å²) in [4.78, 5) is 11.3. The van der Waals surface area contributed by atoms with E-state index >= 15 is 0 Å². The number of halogens is 2. The molecular weight excluding hydrogens is 204 g/mol. The molecule has 84 valence electrons. The molecule has 0 aromatic rings. The zero-order valence-corrected chi connectivity index (χ0v) is 8.31. The Kier molecular flexibility index (Phi) is 2.95. The lowest BCUT2D eigenvalue weighted by molar-refractivity contribution is -0.124. The quantitative estimate of drug-likeness (QED) is 0.775. The van der Waals surface area contributed by atoms with E-state index in [1.54, 1.807) is 0 Å². The van der Waals surface area contributed by atoms with E-state index in [9.17, 15) is 13.6 Å². The molecule has 4 nitrogen and oxygen atoms in total. The maximum Gasteiger partial charge on any atom is 0.244 e. The van der Waals surface area contributed by atoms with Crippen LogP contribution in [0.4, 0.5) is 8.78 Å². The van der Waals surface area contributed by atoms with Gasteiger partial charge in [0, 0.05) is 6.42 Å². The van der Waals surface area contributed by atoms with E-state index in [1.807, 2.05) is 6.07 Å². The summed E-state index contributed by atoms with van der Waals surface area (Å²) in [6, 6.07) is 0.380. The summed E-state index contributed by atoms with van der Waals surface area (Å²) in [5.41, 5.74) is 6.33. The Morgan fingerprint density at radius 1 is 1.73 bits per heavy atom. The first-order valence-electron chi connectivity index (χ1n) is 4.60. The summed E-state index contributed by atoms with van der Waals surface area (Å²) < 4.78 is 25.0. The van der Waals surface area contributed by atoms with Gasteiger partial charge < -0.3 is 11.1 Å². The molecule has 0 radical (unpaired) electrons. The van der Waals surface area contributed by atoms with Crippen LogP contribution in [0.3, 0.4) is 0 Å². The number of nitrogens with one attached hydrogen (secondary N) is 2. The van der Waals surface area contributed by atoms with Gasteiger partial charge >= 0.3 is 0 Å². The van der Waals surface area contributed by atoms with E-state index in [4.69, 9.17) is 11.0 Å². The number of amides is 1. The molecule has 0 aliphatic heterocycles. The number of carbonyl (C=O) groups excluding carboxylic acids is 1. The monoisotopic (exact) mass is 216 g/mol. The predicted molar refractivity (Wildman–Crippen MR) is 49.1 cm³/mol. The van der Waals surface area contributed by atoms with Gasteiger partial charge in [0.2, 0.25) is 11.8 Å². The molecular formula is C9H12F2N3O-. The highest BCUT2D eigenvalue weighted by Crippen LogP contribution is 2.34. The molecule has 1 saturated carbocycles. The van der Waals surface area contributed by atoms with Crippen molar-refractivity contribution in [2.45, 2.75) is 43.7 Å². The van der Waals surface area contributed by atoms with Crippen molar-refractivity contribution in [3.05, 3.63) is 5.73 Å². The van der Waals surface area contributed by atoms with Crippen LogP contribution in [0.2, 0.25) is 0 Å². The van der Waals surface area contributed by atoms with Gasteiger partial charge in [-0.1, -0.05) is 6.04 Å². The summed E-state index contributed by atoms with van der Waals surface area (Å²) in [6.07, 6.45) is 0.245. The van der Waals surface area contributed by atoms with Gasteiger partial charge in [0.15, 0.2) is 0 Å². The molecule has 1 amide bonds. The van der Waals surface area contributed by atoms with Crippen LogP contribution in [0.15, 0.2) is 0 Å². The van der Waals surface area contributed by atoms with Crippen molar-refractivity contribution in [3.63, 3.8) is 0 Å². The fourth-order valence-electron chi connectivity index (χ4n) is 1.16. The molecule has 1 fully saturated rings. The van der Waals surface area contributed by atoms with E-state index in [0.717, 1.165) is 0 Å². The van der Waals surface area contributed by atoms with Crippen LogP contribution in [0.1, 0.15) is 26.2 Å². The summed E-state index contributed by atoms with van der Waals surface area (Å²) in [5.74, 6) is -3.83. The Bertz CT molecular complexity index is 301. The zero-order chi connectivity index (χ0) is 11.7. The Labute approximate surface area is 86.4 Å². The maximum absolute atomic E-state index is 12.5. The van der Waals surface area contributed by atoms with E-state index in [1.165, 1.54) is 0 Å². The fourth-order valence-corrected chi connectivity index (χ4v) is 1.16. The number of hydrogen-bond donors (Lipinski definition) is 1. The number of alkyl halides is 2. The first kappa shape index (κ1) is 11.9. The zero-order valence-electron chi connectivity index (χ0n) is 8.31. The molecule has 15 heavy (non-hydrogen) atoms. The third kappa shape index (κ3) is 3.44. The summed E-state index contributed by atoms with van der Waals surface area (Å²) in [7, 11) is 0. The van der Waals surface area contributed by atoms with Gasteiger partial charge in [-0.25, -0.2) is 8.78 Å². The maximum atomic E-state index is 12.5. The molecule has 2 N–H and O–H groups in total. The minimum absolute atomic E-state index is 0.532. The van der Waals surface area contributed by atoms with Gasteiger partial charge in [0.1, 0.15) is 5.54 Å². The number of nitriles is 1. The number of carbonyl (C=O) groups is 1. The van der Waals surface area contributed by atoms with Crippen LogP contribution in [0.5, 0.6) is 0 Å². The fraction of sp³-hybridized carbons (Fsp3) is 0.778. The Morgan fingerprint density at radius 2 is 2.27 bits per heavy atom. The molecule has 0 heterocycles. The van der Waals surface area contributed by atoms with Gasteiger partial charge in [-0.3, -0.25) is 4.79 Å². The van der Waals surface area contributed by atoms with Crippen LogP contribution >= 0.6 is 0 Å². The molecule has 0 aromatic carbocycles. The average Bonchev–Trinajstić information content (AvgIpc) is 2.82. The van der Waals surface area contributed by atoms with E-state index in [-0.39, 0.29) is 0 Å². The van der Waals surface area contributed by atoms with Crippen molar-refractivity contribution >= 4 is 5.91 Å². The van der Waals surface area contributed by atoms with E-state index in [0.29, 0.717) is 19.8 Å². The van der Waals surface area contributed by atoms with Gasteiger partial charge in [0.25, 0.3) is 0 Å². The minimum Gasteiger partial charge on any atom is -0.667 e. The van der Waals surface area contributed by atoms with Crippen molar-refractivity contribution in [1.82, 2.24) is 5.32 Å². The first-order valence-corrected chi connectivity index (χ1v) is 4.60. The highest BCUT2D eigenvalue weighted by Gasteiger charge is 2.45. The Hall–Kier alpha value is -1.22. The van der Waals surface area contributed by atoms with Crippen LogP contribution < -0.4 is 5.32 Å². The lowest BCUT2D eigenvalue weighted by Gasteiger charge is -2.24. The summed E-state index contributed by atoms with van der Waals surface area (Å²) >= 11 is 0. The second kappa shape index (κ2) is 3.74. The molecule has 0 aromatic heterocycles. The second-order valence-corrected chi connectivity index (χ2v) is 4.01. The molecule has 0 saturated heterocycles. The lowest BCUT2D eigenvalue weighted by Crippen LogP contribution is -2.42. The predicted octanol–water partition coefficient (Wildman–Crippen LogP) is 1.62. The van der Waals surface area contributed by atoms with Crippen LogP contribution in [0.25, 0.3) is 5.73 Å². The Balaban J connectivity index is 2.45. The molecule has 0 bridgehead atoms. The molecule has 1 rings (SSSR count). The number of nitrogens with zero attached hydrogens (tertiary/aromatic N) is 1. The van der Waals surface area contributed by atoms with Crippen LogP contribution in [0, 0.1) is 11.3 Å². The van der Waals surface area contributed by atoms with Gasteiger partial charge in [-0.15, -0.1) is 0 Å². The van der Waals surface area contributed by atoms with E-state index in [2.05, 4.69) is 5.32 Å². The summed E-state index contributed by atoms with van der Waals surface area (Å²) in [6.45, 7) is 0.666. The highest BCUT2D eigenvalue weighted by molar-refractivity contribution is 5.84. The van der Waals surface area contributed by atoms with E-state index < -0.39 is 29.8 Å². The van der Waals surface area contributed by atoms with Gasteiger partial charge in [-0.05, 0) is 19.8 Å². The standard InChI is InChI=1S/C9H12F2N3O/c1-8(10,11)4-6(13)7(15)14-9(5-12)2-3-9/h6,13H,2-4H2,1H3,(H,14,15)/q-1/t6-/m0/s1. The van der Waals surface area contributed by atoms with Crippen molar-refractivity contribution in [3.8, 4) is 6.07 Å². The highest BCUT2D eigenvalue weighted by atomic mass is 19.3. The third-order valence-electron chi connectivity index (χ3n) is 2.21. The van der Waals surface area contributed by atoms with Gasteiger partial charge in [-0.2, -0.15) is 5.26 Å². The first-order chi connectivity index (χ1) is 6.78. The SMILES string of the molecule is CC(F)(F)C[C@H]([NH-])C(=O)NC1(C#N)CC1. The molecule has 1 atom stereocenters. The topological polar surface area (TPSA) is 76.7 Å². The molecule has 0 unspecified atom stereocenters. The minimum atomic E-state index is -3.03. The van der Waals surface area contributed by atoms with Crippen LogP contribution in [-0.2, 0) is 4.79 Å². The third-order valence-corrected chi connectivity index (χ3v) is 2.21. The van der Waals surface area contributed by atoms with Crippen molar-refractivity contribution in [2.24, 2.45) is 0 Å². The van der Waals surface area contributed by atoms with Crippen molar-refractivity contribution in [2.75, 3.05) is 0 Å². The molecule has 1 aliphatic rings. The number of rotatable bonds is 4. The lowest BCUT2D eigenvalue weighted by atomic mass is 10.1. The molecule has 0 spiro atoms. The second-order valence-electron chi connectivity index (χ2n) is 4.01. The Morgan fingerprint density at radius 3 is 2.60 bits per heavy atom. The summed E-state index contributed by atoms with van der Waals surface area (Å²) in [5, 5.41) is 11.0. The molecule has 6 heteroatoms. The smallest absolute Gasteiger partial charge is 0.244 e. The molecule has 1 aliphatic carbocycles. The van der Waals surface area contributed by atoms with Crippen molar-refractivity contribution < 1.29 is 13.6 Å². The van der Waals surface area contributed by atoms with Gasteiger partial charge in [0.05, 0.1) is 6.07 Å².